The molecule has 2 aromatic rings. The number of anilines is 1. The molecule has 0 radical (unpaired) electrons. The largest absolute Gasteiger partial charge is 0.462 e. The summed E-state index contributed by atoms with van der Waals surface area (Å²) in [6.07, 6.45) is 1.76. The highest BCUT2D eigenvalue weighted by molar-refractivity contribution is 7.98. The number of rotatable bonds is 4. The lowest BCUT2D eigenvalue weighted by atomic mass is 10.3. The van der Waals surface area contributed by atoms with Gasteiger partial charge in [-0.1, -0.05) is 12.1 Å². The smallest absolute Gasteiger partial charge is 0.344 e. The molecule has 0 saturated heterocycles. The van der Waals surface area contributed by atoms with Gasteiger partial charge >= 0.3 is 5.97 Å². The Balaban J connectivity index is 2.57. The van der Waals surface area contributed by atoms with Crippen LogP contribution >= 0.6 is 11.8 Å². The van der Waals surface area contributed by atoms with Gasteiger partial charge in [0, 0.05) is 0 Å². The summed E-state index contributed by atoms with van der Waals surface area (Å²) in [4.78, 5) is 11.9. The minimum Gasteiger partial charge on any atom is -0.462 e. The molecule has 20 heavy (non-hydrogen) atoms. The van der Waals surface area contributed by atoms with Crippen molar-refractivity contribution in [2.45, 2.75) is 11.9 Å². The van der Waals surface area contributed by atoms with Gasteiger partial charge in [0.2, 0.25) is 0 Å². The Labute approximate surface area is 119 Å². The van der Waals surface area contributed by atoms with Gasteiger partial charge in [-0.2, -0.15) is 5.10 Å². The molecule has 0 aliphatic heterocycles. The summed E-state index contributed by atoms with van der Waals surface area (Å²) < 4.78 is 20.0. The van der Waals surface area contributed by atoms with Gasteiger partial charge in [0.25, 0.3) is 0 Å². The quantitative estimate of drug-likeness (QED) is 0.693. The molecule has 1 heterocycles. The normalized spacial score (nSPS) is 10.6. The third-order valence-electron chi connectivity index (χ3n) is 2.64. The van der Waals surface area contributed by atoms with Crippen LogP contribution in [0.1, 0.15) is 17.3 Å². The number of carbonyl (C=O) groups is 1. The van der Waals surface area contributed by atoms with Gasteiger partial charge in [-0.25, -0.2) is 13.9 Å². The molecular weight excluding hydrogens is 281 g/mol. The van der Waals surface area contributed by atoms with E-state index >= 15 is 0 Å². The van der Waals surface area contributed by atoms with E-state index in [2.05, 4.69) is 5.10 Å². The van der Waals surface area contributed by atoms with Crippen molar-refractivity contribution < 1.29 is 13.9 Å². The Morgan fingerprint density at radius 3 is 2.80 bits per heavy atom. The van der Waals surface area contributed by atoms with Crippen LogP contribution in [0.25, 0.3) is 5.69 Å². The fourth-order valence-corrected chi connectivity index (χ4v) is 2.31. The predicted molar refractivity (Wildman–Crippen MR) is 75.7 cm³/mol. The highest BCUT2D eigenvalue weighted by Crippen LogP contribution is 2.28. The lowest BCUT2D eigenvalue weighted by Gasteiger charge is -2.05. The van der Waals surface area contributed by atoms with Gasteiger partial charge < -0.3 is 10.5 Å². The topological polar surface area (TPSA) is 70.1 Å². The van der Waals surface area contributed by atoms with Gasteiger partial charge in [-0.05, 0) is 25.3 Å². The molecule has 1 aromatic heterocycles. The van der Waals surface area contributed by atoms with E-state index in [9.17, 15) is 9.18 Å². The first-order chi connectivity index (χ1) is 9.60. The van der Waals surface area contributed by atoms with Gasteiger partial charge in [0.1, 0.15) is 27.9 Å². The summed E-state index contributed by atoms with van der Waals surface area (Å²) in [7, 11) is 0. The van der Waals surface area contributed by atoms with E-state index in [4.69, 9.17) is 10.5 Å². The summed E-state index contributed by atoms with van der Waals surface area (Å²) in [6.45, 7) is 1.94. The first-order valence-electron chi connectivity index (χ1n) is 5.94. The molecule has 0 unspecified atom stereocenters. The summed E-state index contributed by atoms with van der Waals surface area (Å²) in [5.41, 5.74) is 6.29. The number of halogens is 1. The molecule has 0 saturated carbocycles. The minimum absolute atomic E-state index is 0.0675. The summed E-state index contributed by atoms with van der Waals surface area (Å²) in [5.74, 6) is -0.959. The number of hydrogen-bond acceptors (Lipinski definition) is 5. The van der Waals surface area contributed by atoms with E-state index in [1.54, 1.807) is 25.3 Å². The number of para-hydroxylation sites is 1. The molecule has 0 fully saturated rings. The monoisotopic (exact) mass is 295 g/mol. The molecule has 2 N–H and O–H groups in total. The zero-order chi connectivity index (χ0) is 14.7. The van der Waals surface area contributed by atoms with Crippen LogP contribution in [0.15, 0.2) is 29.3 Å². The summed E-state index contributed by atoms with van der Waals surface area (Å²) >= 11 is 1.25. The second-order valence-corrected chi connectivity index (χ2v) is 4.65. The summed E-state index contributed by atoms with van der Waals surface area (Å²) in [5, 5.41) is 4.58. The standard InChI is InChI=1S/C13H14FN3O2S/c1-3-19-13(18)10-11(15)17(16-12(10)20-2)9-7-5-4-6-8(9)14/h4-7H,3,15H2,1-2H3. The first-order valence-corrected chi connectivity index (χ1v) is 7.17. The van der Waals surface area contributed by atoms with Crippen LogP contribution in [-0.4, -0.2) is 28.6 Å². The molecule has 0 spiro atoms. The lowest BCUT2D eigenvalue weighted by molar-refractivity contribution is 0.0523. The second kappa shape index (κ2) is 5.96. The maximum absolute atomic E-state index is 13.8. The van der Waals surface area contributed by atoms with E-state index in [1.807, 2.05) is 0 Å². The number of carbonyl (C=O) groups excluding carboxylic acids is 1. The van der Waals surface area contributed by atoms with Gasteiger partial charge in [0.15, 0.2) is 0 Å². The van der Waals surface area contributed by atoms with Crippen LogP contribution in [0, 0.1) is 5.82 Å². The average molecular weight is 295 g/mol. The van der Waals surface area contributed by atoms with Crippen molar-refractivity contribution in [1.29, 1.82) is 0 Å². The van der Waals surface area contributed by atoms with Crippen LogP contribution < -0.4 is 5.73 Å². The third-order valence-corrected chi connectivity index (χ3v) is 3.32. The van der Waals surface area contributed by atoms with Crippen LogP contribution in [-0.2, 0) is 4.74 Å². The van der Waals surface area contributed by atoms with Crippen LogP contribution in [0.5, 0.6) is 0 Å². The van der Waals surface area contributed by atoms with E-state index in [1.165, 1.54) is 28.6 Å². The maximum Gasteiger partial charge on any atom is 0.344 e. The third kappa shape index (κ3) is 2.49. The molecule has 0 atom stereocenters. The second-order valence-electron chi connectivity index (χ2n) is 3.85. The highest BCUT2D eigenvalue weighted by atomic mass is 32.2. The molecule has 0 amide bonds. The van der Waals surface area contributed by atoms with E-state index in [0.29, 0.717) is 5.03 Å². The van der Waals surface area contributed by atoms with Gasteiger partial charge in [-0.15, -0.1) is 11.8 Å². The molecular formula is C13H14FN3O2S. The Hall–Kier alpha value is -2.02. The fraction of sp³-hybridized carbons (Fsp3) is 0.231. The van der Waals surface area contributed by atoms with Gasteiger partial charge in [-0.3, -0.25) is 0 Å². The van der Waals surface area contributed by atoms with Crippen molar-refractivity contribution in [2.75, 3.05) is 18.6 Å². The Morgan fingerprint density at radius 1 is 1.50 bits per heavy atom. The lowest BCUT2D eigenvalue weighted by Crippen LogP contribution is -2.10. The molecule has 0 aliphatic rings. The molecule has 5 nitrogen and oxygen atoms in total. The number of nitrogens with zero attached hydrogens (tertiary/aromatic N) is 2. The number of nitrogen functional groups attached to an aromatic ring is 1. The number of aromatic nitrogens is 2. The molecule has 7 heteroatoms. The van der Waals surface area contributed by atoms with E-state index in [-0.39, 0.29) is 23.7 Å². The Kier molecular flexibility index (Phi) is 4.29. The van der Waals surface area contributed by atoms with Crippen LogP contribution in [0.4, 0.5) is 10.2 Å². The Bertz CT molecular complexity index is 643. The van der Waals surface area contributed by atoms with Crippen molar-refractivity contribution in [1.82, 2.24) is 9.78 Å². The van der Waals surface area contributed by atoms with Crippen molar-refractivity contribution in [3.05, 3.63) is 35.6 Å². The van der Waals surface area contributed by atoms with E-state index < -0.39 is 11.8 Å². The van der Waals surface area contributed by atoms with E-state index in [0.717, 1.165) is 0 Å². The molecule has 0 bridgehead atoms. The number of thioether (sulfide) groups is 1. The average Bonchev–Trinajstić information content (AvgIpc) is 2.76. The maximum atomic E-state index is 13.8. The van der Waals surface area contributed by atoms with Gasteiger partial charge in [0.05, 0.1) is 6.61 Å². The highest BCUT2D eigenvalue weighted by Gasteiger charge is 2.24. The predicted octanol–water partition coefficient (Wildman–Crippen LogP) is 2.49. The zero-order valence-corrected chi connectivity index (χ0v) is 11.9. The number of ether oxygens (including phenoxy) is 1. The van der Waals surface area contributed by atoms with Crippen molar-refractivity contribution in [3.63, 3.8) is 0 Å². The van der Waals surface area contributed by atoms with Crippen LogP contribution in [0.3, 0.4) is 0 Å². The SMILES string of the molecule is CCOC(=O)c1c(SC)nn(-c2ccccc2F)c1N. The molecule has 106 valence electrons. The van der Waals surface area contributed by atoms with Crippen LogP contribution in [0.2, 0.25) is 0 Å². The fourth-order valence-electron chi connectivity index (χ4n) is 1.76. The molecule has 2 rings (SSSR count). The number of benzene rings is 1. The first kappa shape index (κ1) is 14.4. The summed E-state index contributed by atoms with van der Waals surface area (Å²) in [6, 6.07) is 6.08. The number of hydrogen-bond donors (Lipinski definition) is 1. The van der Waals surface area contributed by atoms with Crippen molar-refractivity contribution in [3.8, 4) is 5.69 Å². The Morgan fingerprint density at radius 2 is 2.20 bits per heavy atom. The van der Waals surface area contributed by atoms with Crippen molar-refractivity contribution in [2.24, 2.45) is 0 Å². The minimum atomic E-state index is -0.558. The van der Waals surface area contributed by atoms with Crippen molar-refractivity contribution >= 4 is 23.5 Å². The molecule has 0 aliphatic carbocycles. The molecule has 1 aromatic carbocycles. The number of nitrogens with two attached hydrogens (primary N) is 1. The zero-order valence-electron chi connectivity index (χ0n) is 11.1. The number of esters is 1.